The molecule has 1 saturated heterocycles. The standard InChI is InChI=1S/C15H11ClFNO5/c1-15(8-6-7(17)2-3-9(8)16)13(22)12(21)14(23-15)18-10(19)4-5-11(18)20/h2-3,6,21H,4-5H2,1H3. The lowest BCUT2D eigenvalue weighted by Gasteiger charge is -2.26. The Labute approximate surface area is 135 Å². The van der Waals surface area contributed by atoms with Gasteiger partial charge in [-0.1, -0.05) is 11.6 Å². The highest BCUT2D eigenvalue weighted by atomic mass is 35.5. The highest BCUT2D eigenvalue weighted by Gasteiger charge is 2.53. The first kappa shape index (κ1) is 15.5. The molecule has 1 fully saturated rings. The second kappa shape index (κ2) is 5.06. The summed E-state index contributed by atoms with van der Waals surface area (Å²) in [6.45, 7) is 1.28. The lowest BCUT2D eigenvalue weighted by atomic mass is 9.91. The van der Waals surface area contributed by atoms with E-state index in [0.29, 0.717) is 4.90 Å². The molecule has 0 spiro atoms. The third-order valence-electron chi connectivity index (χ3n) is 3.85. The maximum absolute atomic E-state index is 13.5. The summed E-state index contributed by atoms with van der Waals surface area (Å²) in [6.07, 6.45) is -0.0742. The number of benzene rings is 1. The minimum absolute atomic E-state index is 0.00943. The van der Waals surface area contributed by atoms with Gasteiger partial charge in [0.15, 0.2) is 0 Å². The van der Waals surface area contributed by atoms with Crippen LogP contribution < -0.4 is 0 Å². The molecular weight excluding hydrogens is 329 g/mol. The van der Waals surface area contributed by atoms with Crippen LogP contribution in [0.4, 0.5) is 4.39 Å². The molecule has 1 aromatic rings. The number of carbonyl (C=O) groups excluding carboxylic acids is 3. The lowest BCUT2D eigenvalue weighted by Crippen LogP contribution is -2.34. The van der Waals surface area contributed by atoms with Crippen molar-refractivity contribution < 1.29 is 28.6 Å². The number of hydrogen-bond donors (Lipinski definition) is 1. The Hall–Kier alpha value is -2.41. The molecule has 0 saturated carbocycles. The predicted octanol–water partition coefficient (Wildman–Crippen LogP) is 2.17. The summed E-state index contributed by atoms with van der Waals surface area (Å²) in [5, 5.41) is 10.1. The molecule has 0 aliphatic carbocycles. The molecule has 2 aliphatic heterocycles. The molecule has 2 aliphatic rings. The van der Waals surface area contributed by atoms with E-state index in [1.165, 1.54) is 13.0 Å². The number of likely N-dealkylation sites (tertiary alicyclic amines) is 1. The van der Waals surface area contributed by atoms with Crippen molar-refractivity contribution in [2.45, 2.75) is 25.4 Å². The maximum Gasteiger partial charge on any atom is 0.252 e. The van der Waals surface area contributed by atoms with Crippen LogP contribution in [0.15, 0.2) is 29.8 Å². The number of Topliss-reactive ketones (excluding diaryl/α,β-unsaturated/α-hetero) is 1. The molecule has 0 radical (unpaired) electrons. The Morgan fingerprint density at radius 3 is 2.48 bits per heavy atom. The summed E-state index contributed by atoms with van der Waals surface area (Å²) < 4.78 is 18.9. The van der Waals surface area contributed by atoms with Gasteiger partial charge in [-0.25, -0.2) is 9.29 Å². The fourth-order valence-electron chi connectivity index (χ4n) is 2.61. The van der Waals surface area contributed by atoms with Crippen LogP contribution in [-0.2, 0) is 24.7 Å². The largest absolute Gasteiger partial charge is 0.501 e. The van der Waals surface area contributed by atoms with Crippen LogP contribution in [0.5, 0.6) is 0 Å². The molecule has 1 atom stereocenters. The Morgan fingerprint density at radius 2 is 1.87 bits per heavy atom. The zero-order chi connectivity index (χ0) is 16.9. The van der Waals surface area contributed by atoms with Crippen LogP contribution in [0.25, 0.3) is 0 Å². The van der Waals surface area contributed by atoms with Crippen LogP contribution in [0, 0.1) is 5.82 Å². The molecule has 1 unspecified atom stereocenters. The van der Waals surface area contributed by atoms with Gasteiger partial charge in [0.25, 0.3) is 11.7 Å². The molecule has 3 rings (SSSR count). The number of amides is 2. The molecule has 8 heteroatoms. The zero-order valence-electron chi connectivity index (χ0n) is 11.9. The Bertz CT molecular complexity index is 774. The first-order valence-electron chi connectivity index (χ1n) is 6.74. The third-order valence-corrected chi connectivity index (χ3v) is 4.18. The molecule has 23 heavy (non-hydrogen) atoms. The van der Waals surface area contributed by atoms with Crippen molar-refractivity contribution in [3.05, 3.63) is 46.2 Å². The quantitative estimate of drug-likeness (QED) is 0.835. The molecule has 6 nitrogen and oxygen atoms in total. The molecule has 1 N–H and O–H groups in total. The number of nitrogens with zero attached hydrogens (tertiary/aromatic N) is 1. The second-order valence-electron chi connectivity index (χ2n) is 5.37. The number of ether oxygens (including phenoxy) is 1. The highest BCUT2D eigenvalue weighted by molar-refractivity contribution is 6.32. The molecule has 120 valence electrons. The monoisotopic (exact) mass is 339 g/mol. The van der Waals surface area contributed by atoms with Crippen LogP contribution in [0.1, 0.15) is 25.3 Å². The average molecular weight is 340 g/mol. The summed E-state index contributed by atoms with van der Waals surface area (Å²) in [7, 11) is 0. The van der Waals surface area contributed by atoms with Crippen molar-refractivity contribution >= 4 is 29.2 Å². The van der Waals surface area contributed by atoms with Gasteiger partial charge in [0.1, 0.15) is 5.82 Å². The van der Waals surface area contributed by atoms with E-state index in [1.54, 1.807) is 0 Å². The van der Waals surface area contributed by atoms with Crippen molar-refractivity contribution in [3.8, 4) is 0 Å². The lowest BCUT2D eigenvalue weighted by molar-refractivity contribution is -0.144. The zero-order valence-corrected chi connectivity index (χ0v) is 12.7. The maximum atomic E-state index is 13.5. The van der Waals surface area contributed by atoms with Crippen LogP contribution in [0.3, 0.4) is 0 Å². The van der Waals surface area contributed by atoms with Crippen molar-refractivity contribution in [2.75, 3.05) is 0 Å². The summed E-state index contributed by atoms with van der Waals surface area (Å²) in [5.74, 6) is -4.13. The number of aliphatic hydroxyl groups excluding tert-OH is 1. The predicted molar refractivity (Wildman–Crippen MR) is 75.6 cm³/mol. The highest BCUT2D eigenvalue weighted by Crippen LogP contribution is 2.42. The van der Waals surface area contributed by atoms with Gasteiger partial charge in [-0.15, -0.1) is 0 Å². The van der Waals surface area contributed by atoms with Crippen molar-refractivity contribution in [1.29, 1.82) is 0 Å². The molecule has 2 heterocycles. The van der Waals surface area contributed by atoms with E-state index in [-0.39, 0.29) is 23.4 Å². The fraction of sp³-hybridized carbons (Fsp3) is 0.267. The first-order valence-corrected chi connectivity index (χ1v) is 7.12. The van der Waals surface area contributed by atoms with Gasteiger partial charge in [-0.2, -0.15) is 0 Å². The van der Waals surface area contributed by atoms with Gasteiger partial charge < -0.3 is 9.84 Å². The molecular formula is C15H11ClFNO5. The number of ketones is 1. The number of carbonyl (C=O) groups is 3. The van der Waals surface area contributed by atoms with E-state index in [9.17, 15) is 23.9 Å². The number of halogens is 2. The van der Waals surface area contributed by atoms with Crippen LogP contribution >= 0.6 is 11.6 Å². The minimum Gasteiger partial charge on any atom is -0.501 e. The van der Waals surface area contributed by atoms with Crippen molar-refractivity contribution in [3.63, 3.8) is 0 Å². The SMILES string of the molecule is CC1(c2cc(F)ccc2Cl)OC(N2C(=O)CCC2=O)=C(O)C1=O. The first-order chi connectivity index (χ1) is 10.8. The number of imide groups is 1. The summed E-state index contributed by atoms with van der Waals surface area (Å²) >= 11 is 6.00. The summed E-state index contributed by atoms with van der Waals surface area (Å²) in [4.78, 5) is 36.6. The van der Waals surface area contributed by atoms with E-state index in [0.717, 1.165) is 12.1 Å². The molecule has 0 aromatic heterocycles. The summed E-state index contributed by atoms with van der Waals surface area (Å²) in [5.41, 5.74) is -1.84. The van der Waals surface area contributed by atoms with Crippen LogP contribution in [-0.4, -0.2) is 27.6 Å². The van der Waals surface area contributed by atoms with Crippen molar-refractivity contribution in [1.82, 2.24) is 4.90 Å². The van der Waals surface area contributed by atoms with Gasteiger partial charge >= 0.3 is 0 Å². The van der Waals surface area contributed by atoms with Crippen LogP contribution in [0.2, 0.25) is 5.02 Å². The molecule has 1 aromatic carbocycles. The van der Waals surface area contributed by atoms with E-state index < -0.39 is 40.7 Å². The van der Waals surface area contributed by atoms with E-state index in [2.05, 4.69) is 0 Å². The third kappa shape index (κ3) is 2.19. The van der Waals surface area contributed by atoms with E-state index in [4.69, 9.17) is 16.3 Å². The topological polar surface area (TPSA) is 83.9 Å². The van der Waals surface area contributed by atoms with Gasteiger partial charge in [-0.05, 0) is 25.1 Å². The molecule has 0 bridgehead atoms. The number of rotatable bonds is 2. The normalized spacial score (nSPS) is 24.7. The molecule has 2 amide bonds. The summed E-state index contributed by atoms with van der Waals surface area (Å²) in [6, 6.07) is 3.36. The smallest absolute Gasteiger partial charge is 0.252 e. The fourth-order valence-corrected chi connectivity index (χ4v) is 2.90. The van der Waals surface area contributed by atoms with E-state index in [1.807, 2.05) is 0 Å². The Balaban J connectivity index is 2.06. The number of aliphatic hydroxyl groups is 1. The van der Waals surface area contributed by atoms with Gasteiger partial charge in [0.2, 0.25) is 23.2 Å². The second-order valence-corrected chi connectivity index (χ2v) is 5.77. The average Bonchev–Trinajstić information content (AvgIpc) is 2.94. The van der Waals surface area contributed by atoms with Crippen molar-refractivity contribution in [2.24, 2.45) is 0 Å². The van der Waals surface area contributed by atoms with E-state index >= 15 is 0 Å². The van der Waals surface area contributed by atoms with Gasteiger partial charge in [0, 0.05) is 23.4 Å². The number of hydrogen-bond acceptors (Lipinski definition) is 5. The minimum atomic E-state index is -1.83. The Kier molecular flexibility index (Phi) is 3.40. The Morgan fingerprint density at radius 1 is 1.26 bits per heavy atom. The van der Waals surface area contributed by atoms with Gasteiger partial charge in [0.05, 0.1) is 0 Å². The van der Waals surface area contributed by atoms with Gasteiger partial charge in [-0.3, -0.25) is 14.4 Å².